The van der Waals surface area contributed by atoms with Crippen LogP contribution in [0.1, 0.15) is 51.5 Å². The molecule has 1 saturated heterocycles. The zero-order chi connectivity index (χ0) is 13.5. The molecule has 1 atom stereocenters. The van der Waals surface area contributed by atoms with E-state index in [1.165, 1.54) is 49.9 Å². The van der Waals surface area contributed by atoms with E-state index in [9.17, 15) is 0 Å². The zero-order valence-electron chi connectivity index (χ0n) is 12.5. The number of benzene rings is 1. The first-order chi connectivity index (χ1) is 9.36. The van der Waals surface area contributed by atoms with Crippen LogP contribution < -0.4 is 10.2 Å². The Bertz CT molecular complexity index is 373. The largest absolute Gasteiger partial charge is 0.368 e. The van der Waals surface area contributed by atoms with Gasteiger partial charge in [0.25, 0.3) is 0 Å². The van der Waals surface area contributed by atoms with Crippen molar-refractivity contribution in [2.75, 3.05) is 18.0 Å². The van der Waals surface area contributed by atoms with Gasteiger partial charge in [-0.2, -0.15) is 0 Å². The second-order valence-electron chi connectivity index (χ2n) is 5.54. The number of hydrogen-bond donors (Lipinski definition) is 1. The molecule has 2 heteroatoms. The summed E-state index contributed by atoms with van der Waals surface area (Å²) < 4.78 is 0. The third kappa shape index (κ3) is 3.73. The fraction of sp³-hybridized carbons (Fsp3) is 0.647. The summed E-state index contributed by atoms with van der Waals surface area (Å²) >= 11 is 0. The first kappa shape index (κ1) is 14.4. The van der Waals surface area contributed by atoms with Crippen molar-refractivity contribution in [2.45, 2.75) is 58.5 Å². The average Bonchev–Trinajstić information content (AvgIpc) is 2.46. The lowest BCUT2D eigenvalue weighted by Gasteiger charge is -2.39. The maximum atomic E-state index is 3.46. The van der Waals surface area contributed by atoms with Gasteiger partial charge in [0.05, 0.1) is 0 Å². The minimum Gasteiger partial charge on any atom is -0.368 e. The van der Waals surface area contributed by atoms with Gasteiger partial charge >= 0.3 is 0 Å². The molecule has 0 bridgehead atoms. The molecule has 1 heterocycles. The van der Waals surface area contributed by atoms with Crippen molar-refractivity contribution in [2.24, 2.45) is 0 Å². The van der Waals surface area contributed by atoms with Crippen molar-refractivity contribution in [3.05, 3.63) is 29.8 Å². The molecule has 1 aromatic rings. The Hall–Kier alpha value is -1.02. The topological polar surface area (TPSA) is 15.3 Å². The van der Waals surface area contributed by atoms with E-state index in [0.717, 1.165) is 19.1 Å². The van der Waals surface area contributed by atoms with Crippen LogP contribution in [0.2, 0.25) is 0 Å². The summed E-state index contributed by atoms with van der Waals surface area (Å²) in [5.41, 5.74) is 2.91. The molecule has 1 N–H and O–H groups in total. The quantitative estimate of drug-likeness (QED) is 0.833. The lowest BCUT2D eigenvalue weighted by molar-refractivity contribution is 0.433. The number of nitrogens with zero attached hydrogens (tertiary/aromatic N) is 1. The Labute approximate surface area is 118 Å². The molecular formula is C17H28N2. The van der Waals surface area contributed by atoms with Gasteiger partial charge in [-0.15, -0.1) is 0 Å². The van der Waals surface area contributed by atoms with Crippen LogP contribution >= 0.6 is 0 Å². The first-order valence-electron chi connectivity index (χ1n) is 7.92. The first-order valence-corrected chi connectivity index (χ1v) is 7.92. The summed E-state index contributed by atoms with van der Waals surface area (Å²) in [7, 11) is 0. The van der Waals surface area contributed by atoms with E-state index in [4.69, 9.17) is 0 Å². The minimum atomic E-state index is 0.751. The maximum absolute atomic E-state index is 3.46. The maximum Gasteiger partial charge on any atom is 0.0414 e. The van der Waals surface area contributed by atoms with Crippen LogP contribution in [0.4, 0.5) is 5.69 Å². The Morgan fingerprint density at radius 3 is 2.84 bits per heavy atom. The molecule has 1 unspecified atom stereocenters. The molecule has 19 heavy (non-hydrogen) atoms. The minimum absolute atomic E-state index is 0.751. The third-order valence-electron chi connectivity index (χ3n) is 4.12. The number of piperidine rings is 1. The molecule has 2 rings (SSSR count). The van der Waals surface area contributed by atoms with Crippen molar-refractivity contribution in [3.8, 4) is 0 Å². The number of anilines is 1. The average molecular weight is 260 g/mol. The van der Waals surface area contributed by atoms with Gasteiger partial charge in [0.2, 0.25) is 0 Å². The molecule has 0 aromatic heterocycles. The van der Waals surface area contributed by atoms with Crippen LogP contribution in [0.5, 0.6) is 0 Å². The smallest absolute Gasteiger partial charge is 0.0414 e. The number of hydrogen-bond acceptors (Lipinski definition) is 2. The van der Waals surface area contributed by atoms with E-state index in [1.807, 2.05) is 0 Å². The summed E-state index contributed by atoms with van der Waals surface area (Å²) in [6.07, 6.45) is 6.72. The molecular weight excluding hydrogens is 232 g/mol. The van der Waals surface area contributed by atoms with Crippen molar-refractivity contribution >= 4 is 5.69 Å². The Morgan fingerprint density at radius 1 is 1.21 bits per heavy atom. The van der Waals surface area contributed by atoms with Gasteiger partial charge in [0, 0.05) is 24.8 Å². The van der Waals surface area contributed by atoms with Crippen LogP contribution in [0, 0.1) is 0 Å². The van der Waals surface area contributed by atoms with Crippen LogP contribution in [0.15, 0.2) is 24.3 Å². The molecule has 1 aromatic carbocycles. The fourth-order valence-corrected chi connectivity index (χ4v) is 3.15. The molecule has 2 nitrogen and oxygen atoms in total. The SMILES string of the molecule is CCCC1CCCCN1c1ccccc1CNCC. The predicted molar refractivity (Wildman–Crippen MR) is 83.7 cm³/mol. The van der Waals surface area contributed by atoms with Gasteiger partial charge in [-0.05, 0) is 43.9 Å². The summed E-state index contributed by atoms with van der Waals surface area (Å²) in [5.74, 6) is 0. The normalized spacial score (nSPS) is 19.7. The highest BCUT2D eigenvalue weighted by atomic mass is 15.2. The Morgan fingerprint density at radius 2 is 2.05 bits per heavy atom. The molecule has 1 aliphatic rings. The predicted octanol–water partition coefficient (Wildman–Crippen LogP) is 3.96. The van der Waals surface area contributed by atoms with Gasteiger partial charge in [0.1, 0.15) is 0 Å². The Kier molecular flexibility index (Phi) is 5.71. The fourth-order valence-electron chi connectivity index (χ4n) is 3.15. The highest BCUT2D eigenvalue weighted by molar-refractivity contribution is 5.54. The zero-order valence-corrected chi connectivity index (χ0v) is 12.5. The van der Waals surface area contributed by atoms with E-state index >= 15 is 0 Å². The van der Waals surface area contributed by atoms with Crippen molar-refractivity contribution in [1.82, 2.24) is 5.32 Å². The molecule has 0 amide bonds. The standard InChI is InChI=1S/C17H28N2/c1-3-9-16-11-7-8-13-19(16)17-12-6-5-10-15(17)14-18-4-2/h5-6,10,12,16,18H,3-4,7-9,11,13-14H2,1-2H3. The van der Waals surface area contributed by atoms with Gasteiger partial charge in [-0.3, -0.25) is 0 Å². The van der Waals surface area contributed by atoms with E-state index < -0.39 is 0 Å². The van der Waals surface area contributed by atoms with Crippen LogP contribution in [0.25, 0.3) is 0 Å². The molecule has 0 saturated carbocycles. The molecule has 1 fully saturated rings. The highest BCUT2D eigenvalue weighted by Gasteiger charge is 2.23. The van der Waals surface area contributed by atoms with E-state index in [1.54, 1.807) is 0 Å². The van der Waals surface area contributed by atoms with E-state index in [0.29, 0.717) is 0 Å². The number of nitrogens with one attached hydrogen (secondary N) is 1. The molecule has 0 spiro atoms. The van der Waals surface area contributed by atoms with Gasteiger partial charge < -0.3 is 10.2 Å². The summed E-state index contributed by atoms with van der Waals surface area (Å²) in [5, 5.41) is 3.46. The highest BCUT2D eigenvalue weighted by Crippen LogP contribution is 2.29. The van der Waals surface area contributed by atoms with Crippen LogP contribution in [-0.2, 0) is 6.54 Å². The molecule has 0 radical (unpaired) electrons. The van der Waals surface area contributed by atoms with Gasteiger partial charge in [-0.25, -0.2) is 0 Å². The molecule has 106 valence electrons. The second kappa shape index (κ2) is 7.54. The Balaban J connectivity index is 2.17. The summed E-state index contributed by atoms with van der Waals surface area (Å²) in [6, 6.07) is 9.68. The van der Waals surface area contributed by atoms with E-state index in [2.05, 4.69) is 48.3 Å². The number of para-hydroxylation sites is 1. The molecule has 1 aliphatic heterocycles. The van der Waals surface area contributed by atoms with Crippen molar-refractivity contribution in [3.63, 3.8) is 0 Å². The third-order valence-corrected chi connectivity index (χ3v) is 4.12. The summed E-state index contributed by atoms with van der Waals surface area (Å²) in [4.78, 5) is 2.67. The van der Waals surface area contributed by atoms with Crippen molar-refractivity contribution in [1.29, 1.82) is 0 Å². The number of rotatable bonds is 6. The van der Waals surface area contributed by atoms with Gasteiger partial charge in [-0.1, -0.05) is 38.5 Å². The van der Waals surface area contributed by atoms with Crippen LogP contribution in [-0.4, -0.2) is 19.1 Å². The summed E-state index contributed by atoms with van der Waals surface area (Å²) in [6.45, 7) is 7.73. The monoisotopic (exact) mass is 260 g/mol. The lowest BCUT2D eigenvalue weighted by atomic mass is 9.96. The van der Waals surface area contributed by atoms with Crippen LogP contribution in [0.3, 0.4) is 0 Å². The van der Waals surface area contributed by atoms with E-state index in [-0.39, 0.29) is 0 Å². The lowest BCUT2D eigenvalue weighted by Crippen LogP contribution is -2.40. The molecule has 0 aliphatic carbocycles. The second-order valence-corrected chi connectivity index (χ2v) is 5.54. The van der Waals surface area contributed by atoms with Crippen molar-refractivity contribution < 1.29 is 0 Å². The van der Waals surface area contributed by atoms with Gasteiger partial charge in [0.15, 0.2) is 0 Å².